The fourth-order valence-electron chi connectivity index (χ4n) is 5.47. The molecule has 0 N–H and O–H groups in total. The van der Waals surface area contributed by atoms with E-state index in [-0.39, 0.29) is 5.41 Å². The van der Waals surface area contributed by atoms with Crippen molar-refractivity contribution in [3.8, 4) is 0 Å². The lowest BCUT2D eigenvalue weighted by Crippen LogP contribution is -2.54. The van der Waals surface area contributed by atoms with Crippen LogP contribution in [-0.4, -0.2) is 18.5 Å². The Labute approximate surface area is 136 Å². The minimum atomic E-state index is -0.440. The smallest absolute Gasteiger partial charge is 0.163 e. The number of ether oxygens (including phenoxy) is 2. The molecule has 3 aliphatic rings. The van der Waals surface area contributed by atoms with Gasteiger partial charge in [-0.25, -0.2) is 0 Å². The number of fused-ring (bicyclic) bond motifs is 3. The molecule has 1 heterocycles. The first-order chi connectivity index (χ1) is 10.3. The van der Waals surface area contributed by atoms with Gasteiger partial charge in [-0.1, -0.05) is 31.6 Å². The minimum absolute atomic E-state index is 0.224. The van der Waals surface area contributed by atoms with Gasteiger partial charge in [-0.05, 0) is 69.1 Å². The van der Waals surface area contributed by atoms with E-state index in [2.05, 4.69) is 46.4 Å². The summed E-state index contributed by atoms with van der Waals surface area (Å²) in [5.41, 5.74) is 2.15. The summed E-state index contributed by atoms with van der Waals surface area (Å²) in [6, 6.07) is 0. The molecule has 22 heavy (non-hydrogen) atoms. The average molecular weight is 304 g/mol. The van der Waals surface area contributed by atoms with Crippen LogP contribution in [0.2, 0.25) is 0 Å². The number of hydrogen-bond donors (Lipinski definition) is 0. The van der Waals surface area contributed by atoms with E-state index in [1.54, 1.807) is 5.57 Å². The maximum atomic E-state index is 6.43. The van der Waals surface area contributed by atoms with Gasteiger partial charge in [0.1, 0.15) is 0 Å². The summed E-state index contributed by atoms with van der Waals surface area (Å²) >= 11 is 0. The van der Waals surface area contributed by atoms with Gasteiger partial charge in [-0.15, -0.1) is 6.58 Å². The van der Waals surface area contributed by atoms with E-state index >= 15 is 0 Å². The van der Waals surface area contributed by atoms with Gasteiger partial charge < -0.3 is 9.47 Å². The van der Waals surface area contributed by atoms with Crippen molar-refractivity contribution in [3.63, 3.8) is 0 Å². The molecule has 4 atom stereocenters. The summed E-state index contributed by atoms with van der Waals surface area (Å²) in [7, 11) is 0. The van der Waals surface area contributed by atoms with Gasteiger partial charge in [-0.3, -0.25) is 0 Å². The van der Waals surface area contributed by atoms with E-state index in [9.17, 15) is 0 Å². The van der Waals surface area contributed by atoms with Crippen LogP contribution in [0.5, 0.6) is 0 Å². The Kier molecular flexibility index (Phi) is 4.06. The summed E-state index contributed by atoms with van der Waals surface area (Å²) in [6.07, 6.45) is 11.9. The van der Waals surface area contributed by atoms with Crippen LogP contribution in [0.4, 0.5) is 0 Å². The molecule has 0 aromatic rings. The lowest BCUT2D eigenvalue weighted by Gasteiger charge is -2.58. The van der Waals surface area contributed by atoms with Crippen LogP contribution in [0.1, 0.15) is 66.2 Å². The molecule has 0 bridgehead atoms. The van der Waals surface area contributed by atoms with Crippen molar-refractivity contribution in [2.24, 2.45) is 16.7 Å². The zero-order chi connectivity index (χ0) is 16.0. The third-order valence-corrected chi connectivity index (χ3v) is 6.69. The maximum Gasteiger partial charge on any atom is 0.163 e. The summed E-state index contributed by atoms with van der Waals surface area (Å²) in [5, 5.41) is 0. The third-order valence-electron chi connectivity index (χ3n) is 6.69. The molecule has 124 valence electrons. The van der Waals surface area contributed by atoms with Gasteiger partial charge in [0, 0.05) is 0 Å². The summed E-state index contributed by atoms with van der Waals surface area (Å²) in [5.74, 6) is 0.251. The van der Waals surface area contributed by atoms with E-state index in [1.165, 1.54) is 19.3 Å². The molecule has 2 fully saturated rings. The fourth-order valence-corrected chi connectivity index (χ4v) is 5.47. The summed E-state index contributed by atoms with van der Waals surface area (Å²) in [6.45, 7) is 13.9. The Bertz CT molecular complexity index is 478. The van der Waals surface area contributed by atoms with E-state index in [0.29, 0.717) is 17.4 Å². The van der Waals surface area contributed by atoms with Crippen molar-refractivity contribution in [2.45, 2.75) is 78.1 Å². The van der Waals surface area contributed by atoms with Crippen molar-refractivity contribution < 1.29 is 9.47 Å². The van der Waals surface area contributed by atoms with Crippen molar-refractivity contribution in [1.82, 2.24) is 0 Å². The Morgan fingerprint density at radius 1 is 1.23 bits per heavy atom. The van der Waals surface area contributed by atoms with Crippen LogP contribution in [-0.2, 0) is 9.47 Å². The monoisotopic (exact) mass is 304 g/mol. The van der Waals surface area contributed by atoms with E-state index in [4.69, 9.17) is 9.47 Å². The van der Waals surface area contributed by atoms with Gasteiger partial charge in [0.15, 0.2) is 5.79 Å². The molecule has 0 aromatic heterocycles. The highest BCUT2D eigenvalue weighted by atomic mass is 16.7. The summed E-state index contributed by atoms with van der Waals surface area (Å²) < 4.78 is 12.4. The molecule has 1 saturated heterocycles. The van der Waals surface area contributed by atoms with Gasteiger partial charge in [0.2, 0.25) is 0 Å². The fraction of sp³-hybridized carbons (Fsp3) is 0.800. The van der Waals surface area contributed by atoms with Gasteiger partial charge >= 0.3 is 0 Å². The quantitative estimate of drug-likeness (QED) is 0.649. The van der Waals surface area contributed by atoms with Crippen molar-refractivity contribution >= 4 is 0 Å². The molecule has 0 aromatic carbocycles. The molecule has 2 aliphatic carbocycles. The zero-order valence-corrected chi connectivity index (χ0v) is 14.8. The zero-order valence-electron chi connectivity index (χ0n) is 14.8. The average Bonchev–Trinajstić information content (AvgIpc) is 2.56. The molecule has 0 radical (unpaired) electrons. The van der Waals surface area contributed by atoms with Gasteiger partial charge in [0.25, 0.3) is 0 Å². The van der Waals surface area contributed by atoms with Crippen LogP contribution >= 0.6 is 0 Å². The van der Waals surface area contributed by atoms with Crippen LogP contribution in [0.15, 0.2) is 24.3 Å². The van der Waals surface area contributed by atoms with Crippen LogP contribution in [0, 0.1) is 16.7 Å². The van der Waals surface area contributed by atoms with Crippen LogP contribution in [0.3, 0.4) is 0 Å². The van der Waals surface area contributed by atoms with Crippen molar-refractivity contribution in [2.75, 3.05) is 6.61 Å². The second kappa shape index (κ2) is 5.49. The first-order valence-corrected chi connectivity index (χ1v) is 8.94. The van der Waals surface area contributed by atoms with E-state index < -0.39 is 5.79 Å². The molecular formula is C20H32O2. The molecule has 0 unspecified atom stereocenters. The topological polar surface area (TPSA) is 18.5 Å². The molecule has 0 amide bonds. The van der Waals surface area contributed by atoms with E-state index in [1.807, 2.05) is 0 Å². The normalized spacial score (nSPS) is 44.3. The molecular weight excluding hydrogens is 272 g/mol. The number of allylic oxidation sites excluding steroid dienone is 3. The first-order valence-electron chi connectivity index (χ1n) is 8.94. The van der Waals surface area contributed by atoms with Crippen LogP contribution < -0.4 is 0 Å². The Morgan fingerprint density at radius 2 is 2.00 bits per heavy atom. The second-order valence-electron chi connectivity index (χ2n) is 8.42. The standard InChI is InChI=1S/C20H32O2/c1-6-8-15-9-7-10-16-19(15,4)12-11-17-20(16,5)13-14-21-18(2,3)22-17/h6,9,16-17H,1,7-8,10-14H2,2-5H3/t16-,17+,19-,20+/m0/s1. The molecule has 3 rings (SSSR count). The predicted octanol–water partition coefficient (Wildman–Crippen LogP) is 5.25. The number of hydrogen-bond acceptors (Lipinski definition) is 2. The molecule has 2 nitrogen and oxygen atoms in total. The Balaban J connectivity index is 1.95. The molecule has 1 aliphatic heterocycles. The largest absolute Gasteiger partial charge is 0.350 e. The highest BCUT2D eigenvalue weighted by molar-refractivity contribution is 5.25. The van der Waals surface area contributed by atoms with E-state index in [0.717, 1.165) is 25.9 Å². The van der Waals surface area contributed by atoms with Crippen molar-refractivity contribution in [3.05, 3.63) is 24.3 Å². The molecule has 1 saturated carbocycles. The summed E-state index contributed by atoms with van der Waals surface area (Å²) in [4.78, 5) is 0. The van der Waals surface area contributed by atoms with Gasteiger partial charge in [-0.2, -0.15) is 0 Å². The highest BCUT2D eigenvalue weighted by Gasteiger charge is 2.57. The Morgan fingerprint density at radius 3 is 2.73 bits per heavy atom. The molecule has 2 heteroatoms. The van der Waals surface area contributed by atoms with Crippen molar-refractivity contribution in [1.29, 1.82) is 0 Å². The predicted molar refractivity (Wildman–Crippen MR) is 90.6 cm³/mol. The van der Waals surface area contributed by atoms with Crippen LogP contribution in [0.25, 0.3) is 0 Å². The lowest BCUT2D eigenvalue weighted by molar-refractivity contribution is -0.247. The minimum Gasteiger partial charge on any atom is -0.350 e. The van der Waals surface area contributed by atoms with Gasteiger partial charge in [0.05, 0.1) is 12.7 Å². The second-order valence-corrected chi connectivity index (χ2v) is 8.42. The third kappa shape index (κ3) is 2.49. The maximum absolute atomic E-state index is 6.43. The first kappa shape index (κ1) is 16.3. The highest BCUT2D eigenvalue weighted by Crippen LogP contribution is 2.61. The number of rotatable bonds is 2. The molecule has 0 spiro atoms. The lowest BCUT2D eigenvalue weighted by atomic mass is 9.48. The Hall–Kier alpha value is -0.600. The SMILES string of the molecule is C=CCC1=CCC[C@@H]2[C@@]3(C)CCOC(C)(C)O[C@@H]3CC[C@@]12C.